The Morgan fingerprint density at radius 2 is 0.530 bits per heavy atom. The predicted octanol–water partition coefficient (Wildman–Crippen LogP) is 19.0. The van der Waals surface area contributed by atoms with E-state index in [1.54, 1.807) is 0 Å². The van der Waals surface area contributed by atoms with Crippen molar-refractivity contribution in [1.29, 1.82) is 0 Å². The number of rotatable bonds is 11. The van der Waals surface area contributed by atoms with Crippen LogP contribution in [0.1, 0.15) is 17.0 Å². The number of hydrogen-bond donors (Lipinski definition) is 0. The standard InChI is InChI=1S/C76H53N7/c1-48-15-13-23-62(37-48)75-80-72(56-29-25-53(26-30-56)51-16-7-4-8-17-51)81-76(83-75)63-24-14-22-57(41-63)60-31-27-54-28-35-65(44-67(54)43-60)74-78-50(3)77-73(82-74)64-36-34-58-40-61(33-32-59(58)42-64)66-38-49(2)39-69(45-66)71-47-68(52-18-9-5-10-19-52)46-70(79-71)55-20-11-6-12-21-55/h4-47H,1-3H3. The van der Waals surface area contributed by atoms with Crippen LogP contribution < -0.4 is 0 Å². The van der Waals surface area contributed by atoms with Gasteiger partial charge in [-0.3, -0.25) is 0 Å². The van der Waals surface area contributed by atoms with E-state index in [4.69, 9.17) is 34.9 Å². The number of pyridine rings is 1. The van der Waals surface area contributed by atoms with E-state index in [9.17, 15) is 0 Å². The molecule has 0 saturated carbocycles. The number of nitrogens with zero attached hydrogens (tertiary/aromatic N) is 7. The maximum atomic E-state index is 5.24. The van der Waals surface area contributed by atoms with Gasteiger partial charge in [-0.15, -0.1) is 0 Å². The first-order valence-corrected chi connectivity index (χ1v) is 27.9. The van der Waals surface area contributed by atoms with Crippen LogP contribution in [0.15, 0.2) is 267 Å². The summed E-state index contributed by atoms with van der Waals surface area (Å²) in [5.41, 5.74) is 19.9. The van der Waals surface area contributed by atoms with E-state index in [1.807, 2.05) is 25.1 Å². The summed E-state index contributed by atoms with van der Waals surface area (Å²) in [6.45, 7) is 6.17. The van der Waals surface area contributed by atoms with Crippen molar-refractivity contribution < 1.29 is 0 Å². The van der Waals surface area contributed by atoms with Crippen LogP contribution in [0, 0.1) is 20.8 Å². The molecule has 0 amide bonds. The average Bonchev–Trinajstić information content (AvgIpc) is 3.71. The van der Waals surface area contributed by atoms with Crippen molar-refractivity contribution in [2.24, 2.45) is 0 Å². The van der Waals surface area contributed by atoms with Crippen LogP contribution in [0.2, 0.25) is 0 Å². The van der Waals surface area contributed by atoms with E-state index in [0.717, 1.165) is 122 Å². The van der Waals surface area contributed by atoms with Crippen molar-refractivity contribution >= 4 is 21.5 Å². The summed E-state index contributed by atoms with van der Waals surface area (Å²) in [5, 5.41) is 4.41. The van der Waals surface area contributed by atoms with Crippen LogP contribution in [-0.2, 0) is 0 Å². The third-order valence-corrected chi connectivity index (χ3v) is 15.3. The summed E-state index contributed by atoms with van der Waals surface area (Å²) in [4.78, 5) is 35.3. The summed E-state index contributed by atoms with van der Waals surface area (Å²) < 4.78 is 0. The van der Waals surface area contributed by atoms with E-state index >= 15 is 0 Å². The third-order valence-electron chi connectivity index (χ3n) is 15.3. The van der Waals surface area contributed by atoms with Crippen LogP contribution in [0.3, 0.4) is 0 Å². The molecule has 0 atom stereocenters. The molecular weight excluding hydrogens is 1010 g/mol. The second kappa shape index (κ2) is 21.6. The zero-order valence-electron chi connectivity index (χ0n) is 46.0. The molecule has 0 spiro atoms. The van der Waals surface area contributed by atoms with Crippen LogP contribution in [0.5, 0.6) is 0 Å². The Labute approximate surface area is 482 Å². The highest BCUT2D eigenvalue weighted by Gasteiger charge is 2.17. The lowest BCUT2D eigenvalue weighted by atomic mass is 9.95. The molecule has 0 aliphatic carbocycles. The molecule has 0 saturated heterocycles. The van der Waals surface area contributed by atoms with Crippen molar-refractivity contribution in [3.05, 3.63) is 284 Å². The second-order valence-corrected chi connectivity index (χ2v) is 21.2. The summed E-state index contributed by atoms with van der Waals surface area (Å²) in [5.74, 6) is 3.75. The van der Waals surface area contributed by atoms with Crippen molar-refractivity contribution in [2.45, 2.75) is 20.8 Å². The first kappa shape index (κ1) is 50.3. The Kier molecular flexibility index (Phi) is 13.1. The summed E-state index contributed by atoms with van der Waals surface area (Å²) >= 11 is 0. The quantitative estimate of drug-likeness (QED) is 0.127. The predicted molar refractivity (Wildman–Crippen MR) is 340 cm³/mol. The van der Waals surface area contributed by atoms with Gasteiger partial charge in [0.2, 0.25) is 0 Å². The van der Waals surface area contributed by atoms with Crippen LogP contribution in [0.25, 0.3) is 146 Å². The fourth-order valence-corrected chi connectivity index (χ4v) is 11.0. The molecule has 0 bridgehead atoms. The van der Waals surface area contributed by atoms with Gasteiger partial charge in [-0.25, -0.2) is 34.9 Å². The highest BCUT2D eigenvalue weighted by atomic mass is 15.0. The maximum absolute atomic E-state index is 5.24. The largest absolute Gasteiger partial charge is 0.248 e. The molecule has 3 heterocycles. The molecule has 11 aromatic carbocycles. The van der Waals surface area contributed by atoms with Gasteiger partial charge in [0.05, 0.1) is 11.4 Å². The third kappa shape index (κ3) is 10.6. The molecule has 0 fully saturated rings. The minimum atomic E-state index is 0.606. The molecule has 0 aliphatic rings. The zero-order chi connectivity index (χ0) is 55.8. The van der Waals surface area contributed by atoms with Crippen LogP contribution in [-0.4, -0.2) is 34.9 Å². The smallest absolute Gasteiger partial charge is 0.164 e. The molecule has 0 radical (unpaired) electrons. The maximum Gasteiger partial charge on any atom is 0.164 e. The normalized spacial score (nSPS) is 11.3. The number of aromatic nitrogens is 7. The van der Waals surface area contributed by atoms with E-state index in [-0.39, 0.29) is 0 Å². The first-order chi connectivity index (χ1) is 40.7. The minimum Gasteiger partial charge on any atom is -0.248 e. The lowest BCUT2D eigenvalue weighted by Gasteiger charge is -2.13. The van der Waals surface area contributed by atoms with Gasteiger partial charge in [0.15, 0.2) is 29.1 Å². The zero-order valence-corrected chi connectivity index (χ0v) is 46.0. The van der Waals surface area contributed by atoms with Gasteiger partial charge in [0, 0.05) is 38.9 Å². The van der Waals surface area contributed by atoms with Gasteiger partial charge in [-0.1, -0.05) is 212 Å². The van der Waals surface area contributed by atoms with Gasteiger partial charge >= 0.3 is 0 Å². The molecule has 392 valence electrons. The molecular formula is C76H53N7. The molecule has 3 aromatic heterocycles. The Bertz CT molecular complexity index is 4690. The fraction of sp³-hybridized carbons (Fsp3) is 0.0395. The van der Waals surface area contributed by atoms with Gasteiger partial charge in [-0.2, -0.15) is 0 Å². The van der Waals surface area contributed by atoms with Crippen molar-refractivity contribution in [3.8, 4) is 124 Å². The molecule has 14 aromatic rings. The summed E-state index contributed by atoms with van der Waals surface area (Å²) in [6.07, 6.45) is 0. The highest BCUT2D eigenvalue weighted by Crippen LogP contribution is 2.37. The van der Waals surface area contributed by atoms with Crippen molar-refractivity contribution in [1.82, 2.24) is 34.9 Å². The number of benzene rings is 11. The van der Waals surface area contributed by atoms with Crippen LogP contribution in [0.4, 0.5) is 0 Å². The molecule has 14 rings (SSSR count). The Morgan fingerprint density at radius 1 is 0.181 bits per heavy atom. The Balaban J connectivity index is 0.748. The number of aryl methyl sites for hydroxylation is 3. The Hall–Kier alpha value is -10.9. The highest BCUT2D eigenvalue weighted by molar-refractivity contribution is 5.93. The van der Waals surface area contributed by atoms with E-state index in [2.05, 4.69) is 263 Å². The molecule has 7 nitrogen and oxygen atoms in total. The summed E-state index contributed by atoms with van der Waals surface area (Å²) in [7, 11) is 0. The van der Waals surface area contributed by atoms with E-state index in [0.29, 0.717) is 34.9 Å². The molecule has 0 N–H and O–H groups in total. The monoisotopic (exact) mass is 1060 g/mol. The van der Waals surface area contributed by atoms with Gasteiger partial charge < -0.3 is 0 Å². The lowest BCUT2D eigenvalue weighted by Crippen LogP contribution is -2.00. The van der Waals surface area contributed by atoms with Crippen LogP contribution >= 0.6 is 0 Å². The lowest BCUT2D eigenvalue weighted by molar-refractivity contribution is 0.992. The second-order valence-electron chi connectivity index (χ2n) is 21.2. The topological polar surface area (TPSA) is 90.2 Å². The molecule has 0 aliphatic heterocycles. The molecule has 0 unspecified atom stereocenters. The minimum absolute atomic E-state index is 0.606. The molecule has 7 heteroatoms. The number of hydrogen-bond acceptors (Lipinski definition) is 7. The van der Waals surface area contributed by atoms with E-state index < -0.39 is 0 Å². The Morgan fingerprint density at radius 3 is 1.16 bits per heavy atom. The van der Waals surface area contributed by atoms with Crippen molar-refractivity contribution in [3.63, 3.8) is 0 Å². The fourth-order valence-electron chi connectivity index (χ4n) is 11.0. The van der Waals surface area contributed by atoms with E-state index in [1.165, 1.54) is 5.56 Å². The molecule has 83 heavy (non-hydrogen) atoms. The SMILES string of the molecule is Cc1cc(-c2ccc3cc(-c4nc(C)nc(-c5ccc6ccc(-c7cccc(-c8nc(-c9ccc(-c%10ccccc%10)cc9)nc(-c9cccc(C)c9)n8)c7)cc6c5)n4)ccc3c2)cc(-c2cc(-c3ccccc3)cc(-c3ccccc3)n2)c1. The summed E-state index contributed by atoms with van der Waals surface area (Å²) in [6, 6.07) is 93.8. The van der Waals surface area contributed by atoms with Gasteiger partial charge in [0.25, 0.3) is 0 Å². The first-order valence-electron chi connectivity index (χ1n) is 27.9. The number of fused-ring (bicyclic) bond motifs is 2. The average molecular weight is 1060 g/mol. The van der Waals surface area contributed by atoms with Gasteiger partial charge in [-0.05, 0) is 153 Å². The van der Waals surface area contributed by atoms with Gasteiger partial charge in [0.1, 0.15) is 5.82 Å². The van der Waals surface area contributed by atoms with Crippen molar-refractivity contribution in [2.75, 3.05) is 0 Å².